The fourth-order valence-corrected chi connectivity index (χ4v) is 2.80. The molecular formula is C21H18ClN3O2. The highest BCUT2D eigenvalue weighted by atomic mass is 35.5. The maximum Gasteiger partial charge on any atom is 0.274 e. The lowest BCUT2D eigenvalue weighted by molar-refractivity contribution is 0.101. The molecule has 0 radical (unpaired) electrons. The largest absolute Gasteiger partial charge is 0.355 e. The first-order valence-corrected chi connectivity index (χ1v) is 8.72. The van der Waals surface area contributed by atoms with Crippen molar-refractivity contribution in [1.82, 2.24) is 4.98 Å². The maximum atomic E-state index is 12.5. The summed E-state index contributed by atoms with van der Waals surface area (Å²) in [5, 5.41) is 6.64. The molecule has 5 nitrogen and oxygen atoms in total. The Hall–Kier alpha value is -3.18. The molecule has 3 aromatic rings. The first-order valence-electron chi connectivity index (χ1n) is 8.34. The van der Waals surface area contributed by atoms with Crippen LogP contribution in [0.1, 0.15) is 33.3 Å². The number of Topliss-reactive ketones (excluding diaryl/α,β-unsaturated/α-hetero) is 1. The number of hydrogen-bond acceptors (Lipinski definition) is 4. The third-order valence-corrected chi connectivity index (χ3v) is 4.22. The van der Waals surface area contributed by atoms with Crippen LogP contribution in [0.25, 0.3) is 0 Å². The maximum absolute atomic E-state index is 12.5. The number of nitrogens with one attached hydrogen (secondary N) is 2. The monoisotopic (exact) mass is 379 g/mol. The van der Waals surface area contributed by atoms with E-state index in [2.05, 4.69) is 15.6 Å². The molecule has 1 amide bonds. The number of rotatable bonds is 5. The van der Waals surface area contributed by atoms with Gasteiger partial charge in [-0.2, -0.15) is 0 Å². The number of hydrogen-bond donors (Lipinski definition) is 2. The Labute approximate surface area is 162 Å². The average molecular weight is 380 g/mol. The van der Waals surface area contributed by atoms with E-state index in [0.29, 0.717) is 22.0 Å². The molecule has 0 unspecified atom stereocenters. The number of nitrogens with zero attached hydrogens (tertiary/aromatic N) is 1. The van der Waals surface area contributed by atoms with Crippen LogP contribution < -0.4 is 10.6 Å². The van der Waals surface area contributed by atoms with Crippen molar-refractivity contribution in [2.75, 3.05) is 10.6 Å². The summed E-state index contributed by atoms with van der Waals surface area (Å²) in [5.41, 5.74) is 3.89. The summed E-state index contributed by atoms with van der Waals surface area (Å²) in [7, 11) is 0. The second-order valence-corrected chi connectivity index (χ2v) is 6.54. The van der Waals surface area contributed by atoms with Crippen molar-refractivity contribution < 1.29 is 9.59 Å². The van der Waals surface area contributed by atoms with Crippen LogP contribution >= 0.6 is 11.6 Å². The number of carbonyl (C=O) groups excluding carboxylic acids is 2. The molecule has 0 bridgehead atoms. The van der Waals surface area contributed by atoms with Crippen molar-refractivity contribution in [3.63, 3.8) is 0 Å². The van der Waals surface area contributed by atoms with Gasteiger partial charge in [-0.25, -0.2) is 0 Å². The molecule has 136 valence electrons. The minimum absolute atomic E-state index is 0.00761. The quantitative estimate of drug-likeness (QED) is 0.594. The van der Waals surface area contributed by atoms with Gasteiger partial charge in [0, 0.05) is 33.8 Å². The Bertz CT molecular complexity index is 1020. The molecule has 3 rings (SSSR count). The first-order chi connectivity index (χ1) is 12.9. The van der Waals surface area contributed by atoms with E-state index in [9.17, 15) is 9.59 Å². The van der Waals surface area contributed by atoms with Crippen molar-refractivity contribution in [3.8, 4) is 0 Å². The van der Waals surface area contributed by atoms with E-state index in [0.717, 1.165) is 11.3 Å². The lowest BCUT2D eigenvalue weighted by Crippen LogP contribution is -2.14. The second kappa shape index (κ2) is 8.01. The lowest BCUT2D eigenvalue weighted by Gasteiger charge is -2.10. The molecule has 6 heteroatoms. The van der Waals surface area contributed by atoms with Crippen LogP contribution in [-0.2, 0) is 0 Å². The molecule has 0 saturated heterocycles. The van der Waals surface area contributed by atoms with E-state index < -0.39 is 0 Å². The van der Waals surface area contributed by atoms with Crippen molar-refractivity contribution in [3.05, 3.63) is 82.6 Å². The van der Waals surface area contributed by atoms with Gasteiger partial charge in [-0.05, 0) is 61.9 Å². The van der Waals surface area contributed by atoms with Gasteiger partial charge in [-0.3, -0.25) is 14.6 Å². The van der Waals surface area contributed by atoms with Crippen LogP contribution in [0.3, 0.4) is 0 Å². The van der Waals surface area contributed by atoms with Gasteiger partial charge in [0.2, 0.25) is 0 Å². The van der Waals surface area contributed by atoms with Crippen molar-refractivity contribution in [2.24, 2.45) is 0 Å². The van der Waals surface area contributed by atoms with Crippen molar-refractivity contribution in [1.29, 1.82) is 0 Å². The Kier molecular flexibility index (Phi) is 5.52. The third kappa shape index (κ3) is 4.71. The standard InChI is InChI=1S/C21H18ClN3O2/c1-13-10-16(22)6-7-19(13)25-21(27)20-12-18(8-9-23-20)24-17-5-3-4-15(11-17)14(2)26/h3-12H,1-2H3,(H,23,24)(H,25,27). The number of pyridine rings is 1. The number of benzene rings is 2. The van der Waals surface area contributed by atoms with Crippen molar-refractivity contribution >= 4 is 40.4 Å². The van der Waals surface area contributed by atoms with E-state index in [-0.39, 0.29) is 17.4 Å². The minimum atomic E-state index is -0.318. The molecule has 0 atom stereocenters. The number of ketones is 1. The Morgan fingerprint density at radius 1 is 1.00 bits per heavy atom. The number of aryl methyl sites for hydroxylation is 1. The molecule has 1 heterocycles. The van der Waals surface area contributed by atoms with Gasteiger partial charge in [0.25, 0.3) is 5.91 Å². The van der Waals surface area contributed by atoms with Gasteiger partial charge in [0.05, 0.1) is 0 Å². The number of halogens is 1. The van der Waals surface area contributed by atoms with E-state index in [4.69, 9.17) is 11.6 Å². The average Bonchev–Trinajstić information content (AvgIpc) is 2.64. The van der Waals surface area contributed by atoms with Crippen LogP contribution in [-0.4, -0.2) is 16.7 Å². The summed E-state index contributed by atoms with van der Waals surface area (Å²) in [6.07, 6.45) is 1.56. The van der Waals surface area contributed by atoms with Crippen LogP contribution in [0, 0.1) is 6.92 Å². The summed E-state index contributed by atoms with van der Waals surface area (Å²) in [5.74, 6) is -0.326. The first kappa shape index (κ1) is 18.6. The summed E-state index contributed by atoms with van der Waals surface area (Å²) < 4.78 is 0. The topological polar surface area (TPSA) is 71.1 Å². The van der Waals surface area contributed by atoms with E-state index in [1.807, 2.05) is 13.0 Å². The number of anilines is 3. The van der Waals surface area contributed by atoms with E-state index >= 15 is 0 Å². The molecule has 27 heavy (non-hydrogen) atoms. The second-order valence-electron chi connectivity index (χ2n) is 6.11. The predicted molar refractivity (Wildman–Crippen MR) is 108 cm³/mol. The smallest absolute Gasteiger partial charge is 0.274 e. The molecule has 0 spiro atoms. The molecule has 0 saturated carbocycles. The molecule has 0 aliphatic heterocycles. The third-order valence-electron chi connectivity index (χ3n) is 3.99. The summed E-state index contributed by atoms with van der Waals surface area (Å²) in [6.45, 7) is 3.39. The van der Waals surface area contributed by atoms with Crippen LogP contribution in [0.5, 0.6) is 0 Å². The molecule has 1 aromatic heterocycles. The Morgan fingerprint density at radius 3 is 2.52 bits per heavy atom. The molecule has 0 aliphatic carbocycles. The predicted octanol–water partition coefficient (Wildman–Crippen LogP) is 5.24. The highest BCUT2D eigenvalue weighted by Crippen LogP contribution is 2.21. The fraction of sp³-hybridized carbons (Fsp3) is 0.0952. The molecule has 2 N–H and O–H groups in total. The van der Waals surface area contributed by atoms with E-state index in [1.54, 1.807) is 54.7 Å². The van der Waals surface area contributed by atoms with Crippen LogP contribution in [0.4, 0.5) is 17.1 Å². The highest BCUT2D eigenvalue weighted by molar-refractivity contribution is 6.30. The Morgan fingerprint density at radius 2 is 1.78 bits per heavy atom. The molecule has 0 aliphatic rings. The van der Waals surface area contributed by atoms with Crippen molar-refractivity contribution in [2.45, 2.75) is 13.8 Å². The zero-order valence-electron chi connectivity index (χ0n) is 14.9. The SMILES string of the molecule is CC(=O)c1cccc(Nc2ccnc(C(=O)Nc3ccc(Cl)cc3C)c2)c1. The number of amides is 1. The van der Waals surface area contributed by atoms with Gasteiger partial charge in [0.15, 0.2) is 5.78 Å². The lowest BCUT2D eigenvalue weighted by atomic mass is 10.1. The molecule has 2 aromatic carbocycles. The number of aromatic nitrogens is 1. The summed E-state index contributed by atoms with van der Waals surface area (Å²) >= 11 is 5.94. The number of carbonyl (C=O) groups is 2. The molecule has 0 fully saturated rings. The fourth-order valence-electron chi connectivity index (χ4n) is 2.57. The van der Waals surface area contributed by atoms with Gasteiger partial charge >= 0.3 is 0 Å². The van der Waals surface area contributed by atoms with E-state index in [1.165, 1.54) is 6.92 Å². The normalized spacial score (nSPS) is 10.3. The van der Waals surface area contributed by atoms with Gasteiger partial charge in [-0.1, -0.05) is 23.7 Å². The summed E-state index contributed by atoms with van der Waals surface area (Å²) in [6, 6.07) is 15.8. The highest BCUT2D eigenvalue weighted by Gasteiger charge is 2.10. The zero-order chi connectivity index (χ0) is 19.4. The summed E-state index contributed by atoms with van der Waals surface area (Å²) in [4.78, 5) is 28.2. The van der Waals surface area contributed by atoms with Gasteiger partial charge in [0.1, 0.15) is 5.69 Å². The zero-order valence-corrected chi connectivity index (χ0v) is 15.7. The minimum Gasteiger partial charge on any atom is -0.355 e. The van der Waals surface area contributed by atoms with Crippen LogP contribution in [0.15, 0.2) is 60.8 Å². The van der Waals surface area contributed by atoms with Crippen LogP contribution in [0.2, 0.25) is 5.02 Å². The Balaban J connectivity index is 1.77. The van der Waals surface area contributed by atoms with Gasteiger partial charge < -0.3 is 10.6 Å². The molecular weight excluding hydrogens is 362 g/mol. The van der Waals surface area contributed by atoms with Gasteiger partial charge in [-0.15, -0.1) is 0 Å².